The van der Waals surface area contributed by atoms with Crippen molar-refractivity contribution in [3.05, 3.63) is 29.3 Å². The number of rotatable bonds is 2. The molecule has 19 nitrogen and oxygen atoms in total. The Morgan fingerprint density at radius 1 is 1.00 bits per heavy atom. The molecule has 41 heavy (non-hydrogen) atoms. The third-order valence-corrected chi connectivity index (χ3v) is 8.62. The second kappa shape index (κ2) is 9.50. The second-order valence-corrected chi connectivity index (χ2v) is 11.8. The number of nitrogen functional groups attached to an aromatic ring is 2. The molecule has 4 aromatic heterocycles. The van der Waals surface area contributed by atoms with Crippen LogP contribution in [0.1, 0.15) is 18.7 Å². The summed E-state index contributed by atoms with van der Waals surface area (Å²) < 4.78 is 39.2. The number of nitrogens with one attached hydrogen (secondary N) is 1. The van der Waals surface area contributed by atoms with Gasteiger partial charge < -0.3 is 45.4 Å². The molecule has 6 heterocycles. The normalized spacial score (nSPS) is 36.0. The first-order valence-electron chi connectivity index (χ1n) is 12.5. The second-order valence-electron chi connectivity index (χ2n) is 10.1. The lowest BCUT2D eigenvalue weighted by Gasteiger charge is -2.26. The highest BCUT2D eigenvalue weighted by Gasteiger charge is 2.52. The topological polar surface area (TPSA) is 274 Å². The van der Waals surface area contributed by atoms with Crippen molar-refractivity contribution in [1.29, 1.82) is 0 Å². The van der Waals surface area contributed by atoms with Crippen molar-refractivity contribution in [1.82, 2.24) is 39.0 Å². The van der Waals surface area contributed by atoms with E-state index >= 15 is 0 Å². The maximum absolute atomic E-state index is 13.2. The molecule has 9 unspecified atom stereocenters. The number of aromatic amines is 1. The number of aliphatic hydroxyl groups is 2. The summed E-state index contributed by atoms with van der Waals surface area (Å²) in [4.78, 5) is 45.9. The Morgan fingerprint density at radius 2 is 1.78 bits per heavy atom. The zero-order chi connectivity index (χ0) is 28.6. The van der Waals surface area contributed by atoms with Gasteiger partial charge in [-0.25, -0.2) is 19.9 Å². The summed E-state index contributed by atoms with van der Waals surface area (Å²) in [6, 6.07) is -0.770. The Hall–Kier alpha value is -3.55. The van der Waals surface area contributed by atoms with Crippen LogP contribution in [0, 0.1) is 5.92 Å². The summed E-state index contributed by atoms with van der Waals surface area (Å²) in [5, 5.41) is 22.4. The van der Waals surface area contributed by atoms with Gasteiger partial charge in [-0.1, -0.05) is 0 Å². The number of H-pyrrole nitrogens is 1. The van der Waals surface area contributed by atoms with Gasteiger partial charge in [-0.2, -0.15) is 4.98 Å². The van der Waals surface area contributed by atoms with Gasteiger partial charge in [0.05, 0.1) is 31.4 Å². The van der Waals surface area contributed by atoms with E-state index in [0.717, 1.165) is 0 Å². The van der Waals surface area contributed by atoms with Gasteiger partial charge in [0.25, 0.3) is 5.56 Å². The minimum absolute atomic E-state index is 0.00272. The molecule has 2 bridgehead atoms. The Morgan fingerprint density at radius 3 is 2.61 bits per heavy atom. The van der Waals surface area contributed by atoms with Gasteiger partial charge in [-0.3, -0.25) is 23.4 Å². The SMILES string of the molecule is Nc1nc2c(ncn2C2CC3COC4C(OCP(=O)(O)OC2C3O)OC(n2cnc3c(N)ncnc32)C4O)c(=O)[nH]1. The molecule has 20 heteroatoms. The molecule has 0 spiro atoms. The Balaban J connectivity index is 1.20. The van der Waals surface area contributed by atoms with Crippen molar-refractivity contribution < 1.29 is 38.4 Å². The molecule has 0 radical (unpaired) electrons. The fourth-order valence-corrected chi connectivity index (χ4v) is 6.72. The lowest BCUT2D eigenvalue weighted by Crippen LogP contribution is -2.38. The van der Waals surface area contributed by atoms with Gasteiger partial charge in [0.1, 0.15) is 30.2 Å². The van der Waals surface area contributed by atoms with Crippen LogP contribution in [0.3, 0.4) is 0 Å². The first-order valence-corrected chi connectivity index (χ1v) is 14.3. The summed E-state index contributed by atoms with van der Waals surface area (Å²) >= 11 is 0. The van der Waals surface area contributed by atoms with Gasteiger partial charge in [-0.15, -0.1) is 0 Å². The molecular weight excluding hydrogens is 567 g/mol. The lowest BCUT2D eigenvalue weighted by molar-refractivity contribution is -0.180. The van der Waals surface area contributed by atoms with Crippen LogP contribution in [-0.4, -0.2) is 97.8 Å². The standard InChI is InChI=1S/C21H25N10O9P/c22-15-9-16(25-3-24-15)31(5-26-9)19-12(33)14-20(39-19)38-6-41(35,36)40-13-8(1-7(2-37-14)11(13)32)30-4-27-10-17(30)28-21(23)29-18(10)34/h3-5,7-8,11-14,19-20,32-33H,1-2,6H2,(H,35,36)(H2,22,24,25)(H3,23,28,29,34). The van der Waals surface area contributed by atoms with Crippen LogP contribution in [0.15, 0.2) is 23.8 Å². The van der Waals surface area contributed by atoms with Crippen molar-refractivity contribution in [2.75, 3.05) is 24.4 Å². The van der Waals surface area contributed by atoms with Gasteiger partial charge in [0.2, 0.25) is 5.95 Å². The minimum atomic E-state index is -4.52. The van der Waals surface area contributed by atoms with Crippen LogP contribution in [0.25, 0.3) is 22.3 Å². The van der Waals surface area contributed by atoms with E-state index in [-0.39, 0.29) is 41.6 Å². The molecule has 9 atom stereocenters. The van der Waals surface area contributed by atoms with Gasteiger partial charge in [0.15, 0.2) is 41.5 Å². The van der Waals surface area contributed by atoms with E-state index in [4.69, 9.17) is 30.2 Å². The number of hydrogen-bond donors (Lipinski definition) is 6. The van der Waals surface area contributed by atoms with Crippen LogP contribution in [-0.2, 0) is 23.3 Å². The predicted octanol–water partition coefficient (Wildman–Crippen LogP) is -1.79. The van der Waals surface area contributed by atoms with Crippen molar-refractivity contribution >= 4 is 41.7 Å². The maximum atomic E-state index is 13.2. The summed E-state index contributed by atoms with van der Waals surface area (Å²) in [5.41, 5.74) is 11.7. The molecule has 3 fully saturated rings. The number of anilines is 2. The zero-order valence-corrected chi connectivity index (χ0v) is 21.9. The summed E-state index contributed by atoms with van der Waals surface area (Å²) in [6.07, 6.45) is -4.07. The number of nitrogens with zero attached hydrogens (tertiary/aromatic N) is 7. The van der Waals surface area contributed by atoms with E-state index in [1.807, 2.05) is 0 Å². The molecular formula is C21H25N10O9P. The smallest absolute Gasteiger partial charge is 0.354 e. The molecule has 2 aliphatic heterocycles. The lowest BCUT2D eigenvalue weighted by atomic mass is 10.1. The third-order valence-electron chi connectivity index (χ3n) is 7.57. The van der Waals surface area contributed by atoms with Crippen LogP contribution >= 0.6 is 7.60 Å². The Bertz CT molecular complexity index is 1740. The van der Waals surface area contributed by atoms with E-state index in [2.05, 4.69) is 29.9 Å². The fraction of sp³-hybridized carbons (Fsp3) is 0.524. The fourth-order valence-electron chi connectivity index (χ4n) is 5.68. The van der Waals surface area contributed by atoms with E-state index < -0.39 is 68.4 Å². The number of ether oxygens (including phenoxy) is 3. The van der Waals surface area contributed by atoms with Crippen LogP contribution in [0.5, 0.6) is 0 Å². The van der Waals surface area contributed by atoms with Crippen LogP contribution in [0.4, 0.5) is 11.8 Å². The molecule has 1 saturated carbocycles. The molecule has 0 aromatic carbocycles. The third kappa shape index (κ3) is 4.29. The first kappa shape index (κ1) is 26.4. The van der Waals surface area contributed by atoms with E-state index in [1.54, 1.807) is 0 Å². The van der Waals surface area contributed by atoms with E-state index in [0.29, 0.717) is 5.52 Å². The van der Waals surface area contributed by atoms with Crippen molar-refractivity contribution in [3.63, 3.8) is 0 Å². The number of aromatic nitrogens is 8. The predicted molar refractivity (Wildman–Crippen MR) is 136 cm³/mol. The molecule has 1 aliphatic carbocycles. The Kier molecular flexibility index (Phi) is 6.10. The van der Waals surface area contributed by atoms with Crippen molar-refractivity contribution in [3.8, 4) is 0 Å². The molecule has 0 amide bonds. The molecule has 8 N–H and O–H groups in total. The average Bonchev–Trinajstić information content (AvgIpc) is 3.67. The van der Waals surface area contributed by atoms with Gasteiger partial charge >= 0.3 is 7.60 Å². The minimum Gasteiger partial charge on any atom is -0.390 e. The first-order chi connectivity index (χ1) is 19.6. The molecule has 4 aromatic rings. The van der Waals surface area contributed by atoms with Crippen LogP contribution < -0.4 is 17.0 Å². The molecule has 7 rings (SSSR count). The van der Waals surface area contributed by atoms with Gasteiger partial charge in [-0.05, 0) is 6.42 Å². The summed E-state index contributed by atoms with van der Waals surface area (Å²) in [6.45, 7) is -0.104. The highest BCUT2D eigenvalue weighted by Crippen LogP contribution is 2.51. The average molecular weight is 592 g/mol. The number of nitrogens with two attached hydrogens (primary N) is 2. The maximum Gasteiger partial charge on any atom is 0.354 e. The van der Waals surface area contributed by atoms with Crippen molar-refractivity contribution in [2.24, 2.45) is 5.92 Å². The van der Waals surface area contributed by atoms with Gasteiger partial charge in [0, 0.05) is 5.92 Å². The summed E-state index contributed by atoms with van der Waals surface area (Å²) in [7, 11) is -4.52. The zero-order valence-electron chi connectivity index (χ0n) is 21.0. The number of imidazole rings is 2. The van der Waals surface area contributed by atoms with E-state index in [1.165, 1.54) is 28.1 Å². The number of hydrogen-bond acceptors (Lipinski definition) is 15. The Labute approximate surface area is 228 Å². The quantitative estimate of drug-likeness (QED) is 0.140. The number of aliphatic hydroxyl groups excluding tert-OH is 2. The van der Waals surface area contributed by atoms with Crippen molar-refractivity contribution in [2.45, 2.75) is 49.4 Å². The number of fused-ring (bicyclic) bond motifs is 5. The largest absolute Gasteiger partial charge is 0.390 e. The highest BCUT2D eigenvalue weighted by molar-refractivity contribution is 7.52. The van der Waals surface area contributed by atoms with E-state index in [9.17, 15) is 24.5 Å². The molecule has 2 saturated heterocycles. The molecule has 3 aliphatic rings. The highest BCUT2D eigenvalue weighted by atomic mass is 31.2. The monoisotopic (exact) mass is 592 g/mol. The summed E-state index contributed by atoms with van der Waals surface area (Å²) in [5.74, 6) is -0.644. The van der Waals surface area contributed by atoms with Crippen LogP contribution in [0.2, 0.25) is 0 Å². The molecule has 218 valence electrons.